The average Bonchev–Trinajstić information content (AvgIpc) is 2.81. The first-order valence-corrected chi connectivity index (χ1v) is 8.90. The van der Waals surface area contributed by atoms with E-state index in [1.54, 1.807) is 0 Å². The van der Waals surface area contributed by atoms with E-state index in [0.717, 1.165) is 61.8 Å². The second kappa shape index (κ2) is 7.74. The lowest BCUT2D eigenvalue weighted by atomic mass is 10.1. The topological polar surface area (TPSA) is 49.3 Å². The molecule has 5 nitrogen and oxygen atoms in total. The van der Waals surface area contributed by atoms with E-state index in [0.29, 0.717) is 0 Å². The largest absolute Gasteiger partial charge is 0.337 e. The van der Waals surface area contributed by atoms with Gasteiger partial charge in [0.1, 0.15) is 0 Å². The molecule has 1 amide bonds. The number of aryl methyl sites for hydroxylation is 3. The van der Waals surface area contributed by atoms with Gasteiger partial charge in [-0.25, -0.2) is 0 Å². The summed E-state index contributed by atoms with van der Waals surface area (Å²) in [5, 5.41) is 0. The number of carbonyl (C=O) groups is 1. The van der Waals surface area contributed by atoms with Crippen molar-refractivity contribution in [3.05, 3.63) is 58.7 Å². The van der Waals surface area contributed by atoms with Crippen molar-refractivity contribution in [2.45, 2.75) is 33.7 Å². The van der Waals surface area contributed by atoms with Crippen LogP contribution in [0.15, 0.2) is 30.5 Å². The van der Waals surface area contributed by atoms with Gasteiger partial charge in [0.05, 0.1) is 5.69 Å². The predicted molar refractivity (Wildman–Crippen MR) is 98.5 cm³/mol. The van der Waals surface area contributed by atoms with Crippen molar-refractivity contribution in [1.29, 1.82) is 0 Å². The van der Waals surface area contributed by atoms with Gasteiger partial charge in [-0.3, -0.25) is 19.7 Å². The summed E-state index contributed by atoms with van der Waals surface area (Å²) in [5.41, 5.74) is 4.80. The number of aromatic nitrogens is 2. The molecule has 0 unspecified atom stereocenters. The smallest absolute Gasteiger partial charge is 0.254 e. The summed E-state index contributed by atoms with van der Waals surface area (Å²) in [6.07, 6.45) is 2.90. The Bertz CT molecular complexity index is 722. The van der Waals surface area contributed by atoms with Crippen molar-refractivity contribution in [3.8, 4) is 0 Å². The van der Waals surface area contributed by atoms with Crippen LogP contribution < -0.4 is 0 Å². The lowest BCUT2D eigenvalue weighted by Gasteiger charge is -2.22. The van der Waals surface area contributed by atoms with Crippen LogP contribution in [0.4, 0.5) is 0 Å². The Hall–Kier alpha value is -2.27. The molecule has 132 valence electrons. The zero-order valence-electron chi connectivity index (χ0n) is 15.3. The van der Waals surface area contributed by atoms with E-state index in [9.17, 15) is 4.79 Å². The number of pyridine rings is 2. The third-order valence-corrected chi connectivity index (χ3v) is 4.56. The van der Waals surface area contributed by atoms with Crippen LogP contribution in [-0.2, 0) is 6.54 Å². The number of amides is 1. The van der Waals surface area contributed by atoms with E-state index in [2.05, 4.69) is 33.9 Å². The maximum Gasteiger partial charge on any atom is 0.254 e. The van der Waals surface area contributed by atoms with Crippen molar-refractivity contribution in [2.24, 2.45) is 0 Å². The van der Waals surface area contributed by atoms with E-state index in [1.165, 1.54) is 5.56 Å². The summed E-state index contributed by atoms with van der Waals surface area (Å²) in [7, 11) is 0. The molecule has 0 aromatic carbocycles. The van der Waals surface area contributed by atoms with Gasteiger partial charge in [0, 0.05) is 55.9 Å². The van der Waals surface area contributed by atoms with Crippen LogP contribution in [-0.4, -0.2) is 51.9 Å². The van der Waals surface area contributed by atoms with Crippen molar-refractivity contribution >= 4 is 5.91 Å². The van der Waals surface area contributed by atoms with Crippen LogP contribution in [0.25, 0.3) is 0 Å². The number of hydrogen-bond donors (Lipinski definition) is 0. The standard InChI is InChI=1S/C20H26N4O/c1-15-5-6-19(21-13-15)14-23-7-4-8-24(10-9-23)20(25)18-11-16(2)22-17(3)12-18/h5-6,11-13H,4,7-10,14H2,1-3H3. The van der Waals surface area contributed by atoms with Crippen molar-refractivity contribution in [1.82, 2.24) is 19.8 Å². The average molecular weight is 338 g/mol. The highest BCUT2D eigenvalue weighted by atomic mass is 16.2. The Kier molecular flexibility index (Phi) is 5.43. The Labute approximate surface area is 149 Å². The van der Waals surface area contributed by atoms with Crippen LogP contribution in [0, 0.1) is 20.8 Å². The lowest BCUT2D eigenvalue weighted by Crippen LogP contribution is -2.35. The number of hydrogen-bond acceptors (Lipinski definition) is 4. The van der Waals surface area contributed by atoms with Crippen molar-refractivity contribution in [3.63, 3.8) is 0 Å². The van der Waals surface area contributed by atoms with Gasteiger partial charge in [-0.05, 0) is 51.0 Å². The number of carbonyl (C=O) groups excluding carboxylic acids is 1. The second-order valence-corrected chi connectivity index (χ2v) is 6.89. The molecule has 2 aromatic rings. The first kappa shape index (κ1) is 17.5. The Morgan fingerprint density at radius 3 is 2.48 bits per heavy atom. The quantitative estimate of drug-likeness (QED) is 0.863. The molecule has 0 saturated carbocycles. The molecule has 0 bridgehead atoms. The minimum Gasteiger partial charge on any atom is -0.337 e. The Morgan fingerprint density at radius 1 is 1.04 bits per heavy atom. The first-order valence-electron chi connectivity index (χ1n) is 8.90. The summed E-state index contributed by atoms with van der Waals surface area (Å²) in [6.45, 7) is 10.2. The Balaban J connectivity index is 1.62. The van der Waals surface area contributed by atoms with Crippen LogP contribution >= 0.6 is 0 Å². The molecule has 0 atom stereocenters. The number of nitrogens with zero attached hydrogens (tertiary/aromatic N) is 4. The second-order valence-electron chi connectivity index (χ2n) is 6.89. The summed E-state index contributed by atoms with van der Waals surface area (Å²) in [6, 6.07) is 7.96. The summed E-state index contributed by atoms with van der Waals surface area (Å²) < 4.78 is 0. The molecule has 1 saturated heterocycles. The van der Waals surface area contributed by atoms with E-state index in [4.69, 9.17) is 0 Å². The normalized spacial score (nSPS) is 15.9. The monoisotopic (exact) mass is 338 g/mol. The highest BCUT2D eigenvalue weighted by molar-refractivity contribution is 5.94. The Morgan fingerprint density at radius 2 is 1.80 bits per heavy atom. The van der Waals surface area contributed by atoms with E-state index in [-0.39, 0.29) is 5.91 Å². The van der Waals surface area contributed by atoms with Gasteiger partial charge < -0.3 is 4.90 Å². The van der Waals surface area contributed by atoms with Crippen molar-refractivity contribution in [2.75, 3.05) is 26.2 Å². The highest BCUT2D eigenvalue weighted by Crippen LogP contribution is 2.13. The molecule has 3 heterocycles. The minimum absolute atomic E-state index is 0.115. The molecule has 2 aromatic heterocycles. The zero-order chi connectivity index (χ0) is 17.8. The third kappa shape index (κ3) is 4.63. The fourth-order valence-electron chi connectivity index (χ4n) is 3.29. The third-order valence-electron chi connectivity index (χ3n) is 4.56. The van der Waals surface area contributed by atoms with Gasteiger partial charge in [0.2, 0.25) is 0 Å². The zero-order valence-corrected chi connectivity index (χ0v) is 15.3. The van der Waals surface area contributed by atoms with E-state index < -0.39 is 0 Å². The summed E-state index contributed by atoms with van der Waals surface area (Å²) in [5.74, 6) is 0.115. The van der Waals surface area contributed by atoms with Gasteiger partial charge in [-0.2, -0.15) is 0 Å². The highest BCUT2D eigenvalue weighted by Gasteiger charge is 2.21. The van der Waals surface area contributed by atoms with Gasteiger partial charge in [0.25, 0.3) is 5.91 Å². The molecule has 3 rings (SSSR count). The van der Waals surface area contributed by atoms with Crippen LogP contribution in [0.3, 0.4) is 0 Å². The van der Waals surface area contributed by atoms with Gasteiger partial charge in [0.15, 0.2) is 0 Å². The first-order chi connectivity index (χ1) is 12.0. The van der Waals surface area contributed by atoms with Crippen LogP contribution in [0.5, 0.6) is 0 Å². The molecule has 5 heteroatoms. The summed E-state index contributed by atoms with van der Waals surface area (Å²) in [4.78, 5) is 26.0. The maximum absolute atomic E-state index is 12.8. The predicted octanol–water partition coefficient (Wildman–Crippen LogP) is 2.75. The van der Waals surface area contributed by atoms with Crippen LogP contribution in [0.1, 0.15) is 39.4 Å². The fraction of sp³-hybridized carbons (Fsp3) is 0.450. The molecule has 1 fully saturated rings. The van der Waals surface area contributed by atoms with Crippen molar-refractivity contribution < 1.29 is 4.79 Å². The molecule has 0 radical (unpaired) electrons. The molecule has 0 spiro atoms. The SMILES string of the molecule is Cc1ccc(CN2CCCN(C(=O)c3cc(C)nc(C)c3)CC2)nc1. The summed E-state index contributed by atoms with van der Waals surface area (Å²) >= 11 is 0. The van der Waals surface area contributed by atoms with Gasteiger partial charge in [-0.15, -0.1) is 0 Å². The fourth-order valence-corrected chi connectivity index (χ4v) is 3.29. The molecule has 1 aliphatic rings. The molecule has 25 heavy (non-hydrogen) atoms. The lowest BCUT2D eigenvalue weighted by molar-refractivity contribution is 0.0760. The minimum atomic E-state index is 0.115. The van der Waals surface area contributed by atoms with E-state index in [1.807, 2.05) is 37.1 Å². The molecular formula is C20H26N4O. The molecule has 0 aliphatic carbocycles. The molecule has 0 N–H and O–H groups in total. The van der Waals surface area contributed by atoms with Crippen LogP contribution in [0.2, 0.25) is 0 Å². The number of rotatable bonds is 3. The van der Waals surface area contributed by atoms with Gasteiger partial charge in [-0.1, -0.05) is 6.07 Å². The molecular weight excluding hydrogens is 312 g/mol. The van der Waals surface area contributed by atoms with Gasteiger partial charge >= 0.3 is 0 Å². The molecule has 1 aliphatic heterocycles. The van der Waals surface area contributed by atoms with E-state index >= 15 is 0 Å². The maximum atomic E-state index is 12.8.